The van der Waals surface area contributed by atoms with Crippen LogP contribution in [0.2, 0.25) is 0 Å². The average Bonchev–Trinajstić information content (AvgIpc) is 2.52. The molecular weight excluding hydrogens is 296 g/mol. The fourth-order valence-corrected chi connectivity index (χ4v) is 2.46. The van der Waals surface area contributed by atoms with Crippen molar-refractivity contribution in [3.8, 4) is 5.75 Å². The Kier molecular flexibility index (Phi) is 5.36. The lowest BCUT2D eigenvalue weighted by molar-refractivity contribution is -0.145. The first kappa shape index (κ1) is 16.5. The first-order chi connectivity index (χ1) is 11.0. The highest BCUT2D eigenvalue weighted by molar-refractivity contribution is 5.82. The zero-order chi connectivity index (χ0) is 16.8. The normalized spacial score (nSPS) is 11.7. The highest BCUT2D eigenvalue weighted by atomic mass is 16.5. The summed E-state index contributed by atoms with van der Waals surface area (Å²) >= 11 is 0. The summed E-state index contributed by atoms with van der Waals surface area (Å²) in [7, 11) is 1.60. The summed E-state index contributed by atoms with van der Waals surface area (Å²) in [6, 6.07) is 14.7. The van der Waals surface area contributed by atoms with Crippen LogP contribution in [0, 0.1) is 0 Å². The van der Waals surface area contributed by atoms with Crippen LogP contribution in [0.1, 0.15) is 29.0 Å². The highest BCUT2D eigenvalue weighted by Gasteiger charge is 2.23. The van der Waals surface area contributed by atoms with Gasteiger partial charge in [-0.1, -0.05) is 36.4 Å². The molecule has 120 valence electrons. The second kappa shape index (κ2) is 7.45. The zero-order valence-corrected chi connectivity index (χ0v) is 12.7. The predicted octanol–water partition coefficient (Wildman–Crippen LogP) is 2.93. The summed E-state index contributed by atoms with van der Waals surface area (Å²) in [6.45, 7) is 0. The highest BCUT2D eigenvalue weighted by Crippen LogP contribution is 2.23. The predicted molar refractivity (Wildman–Crippen MR) is 84.9 cm³/mol. The van der Waals surface area contributed by atoms with Gasteiger partial charge in [0.25, 0.3) is 0 Å². The summed E-state index contributed by atoms with van der Waals surface area (Å²) in [5.74, 6) is -2.55. The van der Waals surface area contributed by atoms with E-state index in [0.717, 1.165) is 16.9 Å². The molecular formula is C18H18O5. The lowest BCUT2D eigenvalue weighted by Gasteiger charge is -2.12. The van der Waals surface area contributed by atoms with Crippen LogP contribution in [-0.4, -0.2) is 29.3 Å². The van der Waals surface area contributed by atoms with Crippen molar-refractivity contribution < 1.29 is 24.5 Å². The van der Waals surface area contributed by atoms with Gasteiger partial charge < -0.3 is 14.9 Å². The van der Waals surface area contributed by atoms with Gasteiger partial charge in [0.2, 0.25) is 0 Å². The molecule has 1 unspecified atom stereocenters. The number of rotatable bonds is 7. The molecule has 2 N–H and O–H groups in total. The second-order valence-electron chi connectivity index (χ2n) is 5.26. The molecule has 0 bridgehead atoms. The number of hydrogen-bond acceptors (Lipinski definition) is 3. The molecule has 0 aliphatic carbocycles. The third-order valence-electron chi connectivity index (χ3n) is 3.57. The van der Waals surface area contributed by atoms with Crippen molar-refractivity contribution in [2.24, 2.45) is 0 Å². The summed E-state index contributed by atoms with van der Waals surface area (Å²) in [4.78, 5) is 22.2. The number of benzene rings is 2. The van der Waals surface area contributed by atoms with Crippen molar-refractivity contribution in [2.45, 2.75) is 18.8 Å². The van der Waals surface area contributed by atoms with E-state index in [1.807, 2.05) is 30.3 Å². The van der Waals surface area contributed by atoms with Gasteiger partial charge in [0.1, 0.15) is 5.75 Å². The molecule has 0 aliphatic rings. The number of aliphatic carboxylic acids is 2. The molecule has 2 rings (SSSR count). The molecule has 1 atom stereocenters. The minimum Gasteiger partial charge on any atom is -0.497 e. The van der Waals surface area contributed by atoms with E-state index >= 15 is 0 Å². The van der Waals surface area contributed by atoms with E-state index in [9.17, 15) is 14.7 Å². The van der Waals surface area contributed by atoms with Gasteiger partial charge in [-0.2, -0.15) is 0 Å². The van der Waals surface area contributed by atoms with E-state index in [2.05, 4.69) is 0 Å². The molecule has 0 aromatic heterocycles. The fourth-order valence-electron chi connectivity index (χ4n) is 2.46. The van der Waals surface area contributed by atoms with Gasteiger partial charge in [-0.3, -0.25) is 9.59 Å². The van der Waals surface area contributed by atoms with Gasteiger partial charge in [0, 0.05) is 0 Å². The van der Waals surface area contributed by atoms with Gasteiger partial charge in [0.15, 0.2) is 0 Å². The van der Waals surface area contributed by atoms with Crippen molar-refractivity contribution in [1.29, 1.82) is 0 Å². The molecule has 0 amide bonds. The number of ether oxygens (including phenoxy) is 1. The van der Waals surface area contributed by atoms with Crippen LogP contribution in [0.5, 0.6) is 5.75 Å². The van der Waals surface area contributed by atoms with Gasteiger partial charge in [-0.15, -0.1) is 0 Å². The molecule has 5 nitrogen and oxygen atoms in total. The SMILES string of the molecule is COc1cccc(Cc2cccc(C(CC(=O)O)C(=O)O)c2)c1. The summed E-state index contributed by atoms with van der Waals surface area (Å²) in [6.07, 6.45) is 0.183. The van der Waals surface area contributed by atoms with E-state index < -0.39 is 24.3 Å². The Morgan fingerprint density at radius 1 is 1.04 bits per heavy atom. The quantitative estimate of drug-likeness (QED) is 0.821. The summed E-state index contributed by atoms with van der Waals surface area (Å²) < 4.78 is 5.19. The number of carboxylic acids is 2. The van der Waals surface area contributed by atoms with Gasteiger partial charge in [-0.25, -0.2) is 0 Å². The third kappa shape index (κ3) is 4.57. The van der Waals surface area contributed by atoms with Gasteiger partial charge >= 0.3 is 11.9 Å². The monoisotopic (exact) mass is 314 g/mol. The fraction of sp³-hybridized carbons (Fsp3) is 0.222. The minimum atomic E-state index is -1.13. The summed E-state index contributed by atoms with van der Waals surface area (Å²) in [5, 5.41) is 18.1. The van der Waals surface area contributed by atoms with E-state index in [0.29, 0.717) is 12.0 Å². The molecule has 0 saturated heterocycles. The Balaban J connectivity index is 2.24. The van der Waals surface area contributed by atoms with E-state index in [1.165, 1.54) is 0 Å². The topological polar surface area (TPSA) is 83.8 Å². The second-order valence-corrected chi connectivity index (χ2v) is 5.26. The van der Waals surface area contributed by atoms with Crippen molar-refractivity contribution in [3.05, 3.63) is 65.2 Å². The molecule has 0 aliphatic heterocycles. The van der Waals surface area contributed by atoms with Crippen LogP contribution in [0.25, 0.3) is 0 Å². The lowest BCUT2D eigenvalue weighted by atomic mass is 9.93. The molecule has 2 aromatic rings. The Morgan fingerprint density at radius 3 is 2.30 bits per heavy atom. The van der Waals surface area contributed by atoms with Crippen molar-refractivity contribution >= 4 is 11.9 Å². The van der Waals surface area contributed by atoms with Crippen molar-refractivity contribution in [2.75, 3.05) is 7.11 Å². The molecule has 0 fully saturated rings. The third-order valence-corrected chi connectivity index (χ3v) is 3.57. The average molecular weight is 314 g/mol. The number of carbonyl (C=O) groups is 2. The Morgan fingerprint density at radius 2 is 1.70 bits per heavy atom. The maximum atomic E-state index is 11.3. The molecule has 5 heteroatoms. The smallest absolute Gasteiger partial charge is 0.311 e. The molecule has 0 saturated carbocycles. The van der Waals surface area contributed by atoms with E-state index in [4.69, 9.17) is 9.84 Å². The van der Waals surface area contributed by atoms with Crippen LogP contribution in [-0.2, 0) is 16.0 Å². The summed E-state index contributed by atoms with van der Waals surface area (Å²) in [5.41, 5.74) is 2.46. The van der Waals surface area contributed by atoms with Crippen LogP contribution in [0.15, 0.2) is 48.5 Å². The Hall–Kier alpha value is -2.82. The number of carboxylic acid groups (broad SMARTS) is 2. The van der Waals surface area contributed by atoms with Crippen molar-refractivity contribution in [3.63, 3.8) is 0 Å². The van der Waals surface area contributed by atoms with Crippen molar-refractivity contribution in [1.82, 2.24) is 0 Å². The van der Waals surface area contributed by atoms with Gasteiger partial charge in [0.05, 0.1) is 19.4 Å². The van der Waals surface area contributed by atoms with Crippen LogP contribution >= 0.6 is 0 Å². The molecule has 0 heterocycles. The zero-order valence-electron chi connectivity index (χ0n) is 12.7. The molecule has 23 heavy (non-hydrogen) atoms. The number of methoxy groups -OCH3 is 1. The molecule has 0 spiro atoms. The Bertz CT molecular complexity index is 708. The van der Waals surface area contributed by atoms with Crippen LogP contribution < -0.4 is 4.74 Å². The first-order valence-electron chi connectivity index (χ1n) is 7.16. The maximum absolute atomic E-state index is 11.3. The van der Waals surface area contributed by atoms with Crippen LogP contribution in [0.4, 0.5) is 0 Å². The first-order valence-corrected chi connectivity index (χ1v) is 7.16. The Labute approximate surface area is 134 Å². The largest absolute Gasteiger partial charge is 0.497 e. The van der Waals surface area contributed by atoms with Crippen LogP contribution in [0.3, 0.4) is 0 Å². The number of hydrogen-bond donors (Lipinski definition) is 2. The minimum absolute atomic E-state index is 0.433. The lowest BCUT2D eigenvalue weighted by Crippen LogP contribution is -2.16. The maximum Gasteiger partial charge on any atom is 0.311 e. The molecule has 0 radical (unpaired) electrons. The van der Waals surface area contributed by atoms with E-state index in [1.54, 1.807) is 25.3 Å². The molecule has 2 aromatic carbocycles. The van der Waals surface area contributed by atoms with Gasteiger partial charge in [-0.05, 0) is 35.2 Å². The standard InChI is InChI=1S/C18H18O5/c1-23-15-7-3-5-13(10-15)8-12-4-2-6-14(9-12)16(18(21)22)11-17(19)20/h2-7,9-10,16H,8,11H2,1H3,(H,19,20)(H,21,22). The van der Waals surface area contributed by atoms with E-state index in [-0.39, 0.29) is 0 Å².